The molecule has 2 N–H and O–H groups in total. The van der Waals surface area contributed by atoms with Crippen LogP contribution in [-0.2, 0) is 6.42 Å². The fraction of sp³-hybridized carbons (Fsp3) is 0.333. The molecule has 0 spiro atoms. The lowest BCUT2D eigenvalue weighted by atomic mass is 10.1. The second kappa shape index (κ2) is 4.57. The number of non-ortho nitro benzene ring substituents is 1. The zero-order valence-electron chi connectivity index (χ0n) is 7.86. The summed E-state index contributed by atoms with van der Waals surface area (Å²) >= 11 is 0. The summed E-state index contributed by atoms with van der Waals surface area (Å²) in [6.45, 7) is -0.0180. The van der Waals surface area contributed by atoms with E-state index < -0.39 is 4.92 Å². The SMILES string of the molecule is CNc1ccc([N+](=O)[O-])cc1CCO. The average Bonchev–Trinajstić information content (AvgIpc) is 2.18. The van der Waals surface area contributed by atoms with E-state index in [1.54, 1.807) is 13.1 Å². The molecule has 5 nitrogen and oxygen atoms in total. The van der Waals surface area contributed by atoms with Gasteiger partial charge in [-0.1, -0.05) is 0 Å². The van der Waals surface area contributed by atoms with Gasteiger partial charge in [0.2, 0.25) is 0 Å². The first-order chi connectivity index (χ1) is 6.69. The number of rotatable bonds is 4. The molecule has 1 aromatic carbocycles. The molecule has 0 atom stereocenters. The number of hydrogen-bond donors (Lipinski definition) is 2. The van der Waals surface area contributed by atoms with E-state index >= 15 is 0 Å². The zero-order valence-corrected chi connectivity index (χ0v) is 7.86. The first-order valence-electron chi connectivity index (χ1n) is 4.25. The monoisotopic (exact) mass is 196 g/mol. The molecular formula is C9H12N2O3. The van der Waals surface area contributed by atoms with Crippen LogP contribution in [0, 0.1) is 10.1 Å². The minimum absolute atomic E-state index is 0.0180. The largest absolute Gasteiger partial charge is 0.396 e. The number of nitrogens with one attached hydrogen (secondary N) is 1. The molecule has 0 aromatic heterocycles. The Hall–Kier alpha value is -1.62. The van der Waals surface area contributed by atoms with Crippen molar-refractivity contribution in [2.75, 3.05) is 19.0 Å². The summed E-state index contributed by atoms with van der Waals surface area (Å²) in [5, 5.41) is 22.2. The zero-order chi connectivity index (χ0) is 10.6. The van der Waals surface area contributed by atoms with Gasteiger partial charge in [-0.05, 0) is 18.1 Å². The van der Waals surface area contributed by atoms with Crippen molar-refractivity contribution in [3.63, 3.8) is 0 Å². The summed E-state index contributed by atoms with van der Waals surface area (Å²) in [5.41, 5.74) is 1.61. The molecule has 1 aromatic rings. The number of aliphatic hydroxyl groups excluding tert-OH is 1. The third kappa shape index (κ3) is 2.20. The minimum Gasteiger partial charge on any atom is -0.396 e. The topological polar surface area (TPSA) is 75.4 Å². The van der Waals surface area contributed by atoms with E-state index in [4.69, 9.17) is 5.11 Å². The van der Waals surface area contributed by atoms with Gasteiger partial charge in [-0.15, -0.1) is 0 Å². The van der Waals surface area contributed by atoms with Gasteiger partial charge in [-0.25, -0.2) is 0 Å². The van der Waals surface area contributed by atoms with Crippen LogP contribution in [0.3, 0.4) is 0 Å². The highest BCUT2D eigenvalue weighted by Gasteiger charge is 2.09. The van der Waals surface area contributed by atoms with Crippen LogP contribution in [-0.4, -0.2) is 23.7 Å². The summed E-state index contributed by atoms with van der Waals surface area (Å²) in [5.74, 6) is 0. The van der Waals surface area contributed by atoms with Gasteiger partial charge in [0.25, 0.3) is 5.69 Å². The number of nitro benzene ring substituents is 1. The first-order valence-corrected chi connectivity index (χ1v) is 4.25. The number of aliphatic hydroxyl groups is 1. The third-order valence-electron chi connectivity index (χ3n) is 1.95. The van der Waals surface area contributed by atoms with E-state index in [1.807, 2.05) is 0 Å². The Balaban J connectivity index is 3.07. The van der Waals surface area contributed by atoms with Gasteiger partial charge in [-0.3, -0.25) is 10.1 Å². The van der Waals surface area contributed by atoms with E-state index in [9.17, 15) is 10.1 Å². The van der Waals surface area contributed by atoms with Gasteiger partial charge in [-0.2, -0.15) is 0 Å². The quantitative estimate of drug-likeness (QED) is 0.560. The van der Waals surface area contributed by atoms with Crippen LogP contribution in [0.4, 0.5) is 11.4 Å². The highest BCUT2D eigenvalue weighted by Crippen LogP contribution is 2.21. The molecule has 0 amide bonds. The molecule has 0 radical (unpaired) electrons. The maximum Gasteiger partial charge on any atom is 0.269 e. The predicted octanol–water partition coefficient (Wildman–Crippen LogP) is 1.17. The molecule has 76 valence electrons. The van der Waals surface area contributed by atoms with Crippen molar-refractivity contribution < 1.29 is 10.0 Å². The maximum absolute atomic E-state index is 10.5. The summed E-state index contributed by atoms with van der Waals surface area (Å²) in [4.78, 5) is 10.0. The molecular weight excluding hydrogens is 184 g/mol. The highest BCUT2D eigenvalue weighted by molar-refractivity contribution is 5.55. The Bertz CT molecular complexity index is 339. The van der Waals surface area contributed by atoms with E-state index in [0.717, 1.165) is 11.3 Å². The van der Waals surface area contributed by atoms with E-state index in [-0.39, 0.29) is 12.3 Å². The molecule has 0 bridgehead atoms. The summed E-state index contributed by atoms with van der Waals surface area (Å²) in [7, 11) is 1.74. The van der Waals surface area contributed by atoms with Gasteiger partial charge in [0, 0.05) is 31.5 Å². The Morgan fingerprint density at radius 1 is 1.57 bits per heavy atom. The van der Waals surface area contributed by atoms with Crippen molar-refractivity contribution in [1.29, 1.82) is 0 Å². The van der Waals surface area contributed by atoms with Crippen LogP contribution >= 0.6 is 0 Å². The van der Waals surface area contributed by atoms with Gasteiger partial charge in [0.1, 0.15) is 0 Å². The number of benzene rings is 1. The van der Waals surface area contributed by atoms with Crippen LogP contribution < -0.4 is 5.32 Å². The Labute approximate surface area is 81.5 Å². The van der Waals surface area contributed by atoms with Crippen LogP contribution in [0.2, 0.25) is 0 Å². The summed E-state index contributed by atoms with van der Waals surface area (Å²) < 4.78 is 0. The molecule has 0 aliphatic rings. The number of anilines is 1. The average molecular weight is 196 g/mol. The van der Waals surface area contributed by atoms with Crippen molar-refractivity contribution in [1.82, 2.24) is 0 Å². The molecule has 0 unspecified atom stereocenters. The van der Waals surface area contributed by atoms with Crippen LogP contribution in [0.1, 0.15) is 5.56 Å². The first kappa shape index (κ1) is 10.5. The second-order valence-electron chi connectivity index (χ2n) is 2.82. The van der Waals surface area contributed by atoms with Crippen molar-refractivity contribution in [2.45, 2.75) is 6.42 Å². The van der Waals surface area contributed by atoms with Gasteiger partial charge in [0.05, 0.1) is 4.92 Å². The van der Waals surface area contributed by atoms with Crippen LogP contribution in [0.5, 0.6) is 0 Å². The van der Waals surface area contributed by atoms with Crippen molar-refractivity contribution in [3.8, 4) is 0 Å². The fourth-order valence-corrected chi connectivity index (χ4v) is 1.26. The standard InChI is InChI=1S/C9H12N2O3/c1-10-9-3-2-8(11(13)14)6-7(9)4-5-12/h2-3,6,10,12H,4-5H2,1H3. The Morgan fingerprint density at radius 2 is 2.29 bits per heavy atom. The fourth-order valence-electron chi connectivity index (χ4n) is 1.26. The van der Waals surface area contributed by atoms with Crippen molar-refractivity contribution in [3.05, 3.63) is 33.9 Å². The van der Waals surface area contributed by atoms with E-state index in [0.29, 0.717) is 6.42 Å². The summed E-state index contributed by atoms with van der Waals surface area (Å²) in [6, 6.07) is 4.55. The molecule has 1 rings (SSSR count). The normalized spacial score (nSPS) is 9.86. The number of nitro groups is 1. The molecule has 5 heteroatoms. The molecule has 0 aliphatic carbocycles. The molecule has 0 saturated heterocycles. The molecule has 14 heavy (non-hydrogen) atoms. The van der Waals surface area contributed by atoms with Crippen molar-refractivity contribution in [2.24, 2.45) is 0 Å². The van der Waals surface area contributed by atoms with E-state index in [2.05, 4.69) is 5.32 Å². The van der Waals surface area contributed by atoms with Crippen LogP contribution in [0.25, 0.3) is 0 Å². The minimum atomic E-state index is -0.444. The van der Waals surface area contributed by atoms with Crippen LogP contribution in [0.15, 0.2) is 18.2 Å². The predicted molar refractivity (Wildman–Crippen MR) is 53.4 cm³/mol. The Kier molecular flexibility index (Phi) is 3.41. The highest BCUT2D eigenvalue weighted by atomic mass is 16.6. The lowest BCUT2D eigenvalue weighted by Gasteiger charge is -2.06. The number of nitrogens with zero attached hydrogens (tertiary/aromatic N) is 1. The Morgan fingerprint density at radius 3 is 2.79 bits per heavy atom. The lowest BCUT2D eigenvalue weighted by molar-refractivity contribution is -0.384. The third-order valence-corrected chi connectivity index (χ3v) is 1.95. The maximum atomic E-state index is 10.5. The molecule has 0 heterocycles. The van der Waals surface area contributed by atoms with Crippen molar-refractivity contribution >= 4 is 11.4 Å². The lowest BCUT2D eigenvalue weighted by Crippen LogP contribution is -1.99. The second-order valence-corrected chi connectivity index (χ2v) is 2.82. The van der Waals surface area contributed by atoms with Gasteiger partial charge >= 0.3 is 0 Å². The van der Waals surface area contributed by atoms with E-state index in [1.165, 1.54) is 12.1 Å². The smallest absolute Gasteiger partial charge is 0.269 e. The van der Waals surface area contributed by atoms with Gasteiger partial charge < -0.3 is 10.4 Å². The summed E-state index contributed by atoms with van der Waals surface area (Å²) in [6.07, 6.45) is 0.415. The molecule has 0 aliphatic heterocycles. The van der Waals surface area contributed by atoms with Gasteiger partial charge in [0.15, 0.2) is 0 Å². The molecule has 0 saturated carbocycles. The number of hydrogen-bond acceptors (Lipinski definition) is 4. The molecule has 0 fully saturated rings.